The Bertz CT molecular complexity index is 2800. The van der Waals surface area contributed by atoms with Crippen molar-refractivity contribution in [3.63, 3.8) is 0 Å². The maximum Gasteiger partial charge on any atom is 0.0546 e. The number of rotatable bonds is 8. The van der Waals surface area contributed by atoms with Crippen molar-refractivity contribution in [2.45, 2.75) is 38.0 Å². The zero-order valence-electron chi connectivity index (χ0n) is 31.6. The van der Waals surface area contributed by atoms with Crippen molar-refractivity contribution in [1.82, 2.24) is 0 Å². The molecular formula is C54H44N2. The van der Waals surface area contributed by atoms with E-state index in [4.69, 9.17) is 0 Å². The fourth-order valence-electron chi connectivity index (χ4n) is 8.87. The van der Waals surface area contributed by atoms with Crippen LogP contribution in [0.3, 0.4) is 0 Å². The predicted molar refractivity (Wildman–Crippen MR) is 240 cm³/mol. The molecule has 0 saturated heterocycles. The monoisotopic (exact) mass is 720 g/mol. The molecule has 10 rings (SSSR count). The highest BCUT2D eigenvalue weighted by Crippen LogP contribution is 2.46. The van der Waals surface area contributed by atoms with Gasteiger partial charge in [-0.3, -0.25) is 0 Å². The highest BCUT2D eigenvalue weighted by atomic mass is 15.2. The van der Waals surface area contributed by atoms with Gasteiger partial charge in [-0.1, -0.05) is 153 Å². The van der Waals surface area contributed by atoms with E-state index in [9.17, 15) is 0 Å². The van der Waals surface area contributed by atoms with Gasteiger partial charge < -0.3 is 9.80 Å². The summed E-state index contributed by atoms with van der Waals surface area (Å²) in [7, 11) is 0. The van der Waals surface area contributed by atoms with Crippen LogP contribution in [0.5, 0.6) is 0 Å². The largest absolute Gasteiger partial charge is 0.310 e. The van der Waals surface area contributed by atoms with Gasteiger partial charge in [0.15, 0.2) is 0 Å². The zero-order chi connectivity index (χ0) is 37.3. The van der Waals surface area contributed by atoms with Crippen LogP contribution in [0.15, 0.2) is 200 Å². The first-order chi connectivity index (χ1) is 27.7. The molecule has 1 fully saturated rings. The van der Waals surface area contributed by atoms with Gasteiger partial charge in [0.25, 0.3) is 0 Å². The summed E-state index contributed by atoms with van der Waals surface area (Å²) in [4.78, 5) is 4.88. The lowest BCUT2D eigenvalue weighted by molar-refractivity contribution is 0.443. The van der Waals surface area contributed by atoms with Gasteiger partial charge >= 0.3 is 0 Å². The van der Waals surface area contributed by atoms with E-state index < -0.39 is 0 Å². The molecule has 0 bridgehead atoms. The molecule has 2 nitrogen and oxygen atoms in total. The lowest BCUT2D eigenvalue weighted by Gasteiger charge is -2.31. The second-order valence-corrected chi connectivity index (χ2v) is 15.3. The molecule has 0 atom stereocenters. The van der Waals surface area contributed by atoms with Gasteiger partial charge in [-0.25, -0.2) is 0 Å². The molecule has 1 aliphatic carbocycles. The molecular weight excluding hydrogens is 677 g/mol. The number of benzene rings is 9. The minimum Gasteiger partial charge on any atom is -0.310 e. The van der Waals surface area contributed by atoms with Crippen LogP contribution in [0, 0.1) is 0 Å². The molecule has 9 aromatic rings. The molecule has 56 heavy (non-hydrogen) atoms. The number of hydrogen-bond donors (Lipinski definition) is 0. The molecule has 0 radical (unpaired) electrons. The van der Waals surface area contributed by atoms with E-state index in [1.807, 2.05) is 0 Å². The summed E-state index contributed by atoms with van der Waals surface area (Å²) in [5.74, 6) is 0.659. The number of nitrogens with zero attached hydrogens (tertiary/aromatic N) is 2. The van der Waals surface area contributed by atoms with Crippen molar-refractivity contribution in [1.29, 1.82) is 0 Å². The fraction of sp³-hybridized carbons (Fsp3) is 0.111. The zero-order valence-corrected chi connectivity index (χ0v) is 31.6. The highest BCUT2D eigenvalue weighted by Gasteiger charge is 2.22. The Kier molecular flexibility index (Phi) is 9.01. The van der Waals surface area contributed by atoms with E-state index >= 15 is 0 Å². The number of anilines is 6. The number of hydrogen-bond acceptors (Lipinski definition) is 2. The molecule has 0 N–H and O–H groups in total. The normalized spacial score (nSPS) is 13.3. The summed E-state index contributed by atoms with van der Waals surface area (Å²) in [5, 5.41) is 7.34. The first-order valence-electron chi connectivity index (χ1n) is 20.1. The maximum atomic E-state index is 2.45. The molecule has 1 saturated carbocycles. The quantitative estimate of drug-likeness (QED) is 0.154. The van der Waals surface area contributed by atoms with E-state index in [1.54, 1.807) is 0 Å². The minimum absolute atomic E-state index is 0.659. The molecule has 270 valence electrons. The lowest BCUT2D eigenvalue weighted by Crippen LogP contribution is -2.14. The maximum absolute atomic E-state index is 2.45. The molecule has 1 aliphatic rings. The van der Waals surface area contributed by atoms with Gasteiger partial charge in [-0.05, 0) is 129 Å². The van der Waals surface area contributed by atoms with Crippen molar-refractivity contribution in [3.05, 3.63) is 206 Å². The average Bonchev–Trinajstić information content (AvgIpc) is 3.27. The van der Waals surface area contributed by atoms with E-state index in [0.29, 0.717) is 5.92 Å². The Morgan fingerprint density at radius 3 is 1.43 bits per heavy atom. The van der Waals surface area contributed by atoms with Crippen molar-refractivity contribution >= 4 is 66.4 Å². The lowest BCUT2D eigenvalue weighted by atomic mass is 9.84. The van der Waals surface area contributed by atoms with Gasteiger partial charge in [0, 0.05) is 34.0 Å². The third kappa shape index (κ3) is 6.58. The molecule has 0 aromatic heterocycles. The van der Waals surface area contributed by atoms with Crippen LogP contribution in [0.25, 0.3) is 43.4 Å². The van der Waals surface area contributed by atoms with E-state index in [1.165, 1.54) is 81.1 Å². The highest BCUT2D eigenvalue weighted by molar-refractivity contribution is 6.00. The molecule has 0 spiro atoms. The van der Waals surface area contributed by atoms with Crippen LogP contribution >= 0.6 is 0 Å². The third-order valence-corrected chi connectivity index (χ3v) is 11.7. The third-order valence-electron chi connectivity index (χ3n) is 11.7. The van der Waals surface area contributed by atoms with Gasteiger partial charge in [0.05, 0.1) is 5.69 Å². The van der Waals surface area contributed by atoms with Gasteiger partial charge in [0.1, 0.15) is 0 Å². The van der Waals surface area contributed by atoms with Crippen LogP contribution < -0.4 is 9.80 Å². The summed E-state index contributed by atoms with van der Waals surface area (Å²) in [6.45, 7) is 0. The summed E-state index contributed by atoms with van der Waals surface area (Å²) in [5.41, 5.74) is 10.6. The summed E-state index contributed by atoms with van der Waals surface area (Å²) >= 11 is 0. The van der Waals surface area contributed by atoms with Gasteiger partial charge in [-0.15, -0.1) is 0 Å². The Morgan fingerprint density at radius 1 is 0.321 bits per heavy atom. The van der Waals surface area contributed by atoms with E-state index in [0.717, 1.165) is 34.1 Å². The van der Waals surface area contributed by atoms with E-state index in [-0.39, 0.29) is 0 Å². The summed E-state index contributed by atoms with van der Waals surface area (Å²) in [6.07, 6.45) is 6.61. The molecule has 0 heterocycles. The number of fused-ring (bicyclic) bond motifs is 3. The molecule has 9 aromatic carbocycles. The first-order valence-corrected chi connectivity index (χ1v) is 20.1. The van der Waals surface area contributed by atoms with Gasteiger partial charge in [-0.2, -0.15) is 0 Å². The van der Waals surface area contributed by atoms with Crippen molar-refractivity contribution in [2.75, 3.05) is 9.80 Å². The SMILES string of the molecule is c1ccc(-c2cc3ccccc3cc2N(c2cccc(N(c3ccc(C4CCCCC4)cc3)c3ccc4ccccc4c3)c2)c2ccc3ccccc3c2)cc1. The molecule has 0 unspecified atom stereocenters. The second-order valence-electron chi connectivity index (χ2n) is 15.3. The van der Waals surface area contributed by atoms with Crippen molar-refractivity contribution in [2.24, 2.45) is 0 Å². The Balaban J connectivity index is 1.17. The summed E-state index contributed by atoms with van der Waals surface area (Å²) < 4.78 is 0. The fourth-order valence-corrected chi connectivity index (χ4v) is 8.87. The molecule has 2 heteroatoms. The Hall–Kier alpha value is -6.64. The average molecular weight is 721 g/mol. The minimum atomic E-state index is 0.659. The standard InChI is InChI=1S/C54H44N2/c1-3-14-39(15-4-1)42-26-30-48(31-27-42)55(51-32-28-40-16-7-9-20-44(40)34-51)49-24-13-25-50(38-49)56(52-33-29-41-17-8-10-21-45(41)35-52)54-37-47-23-12-11-22-46(47)36-53(54)43-18-5-2-6-19-43/h2,5-13,16-39H,1,3-4,14-15H2. The van der Waals surface area contributed by atoms with Crippen LogP contribution in [-0.4, -0.2) is 0 Å². The Labute approximate surface area is 329 Å². The van der Waals surface area contributed by atoms with Crippen LogP contribution in [-0.2, 0) is 0 Å². The van der Waals surface area contributed by atoms with Crippen LogP contribution in [0.2, 0.25) is 0 Å². The second kappa shape index (κ2) is 14.9. The van der Waals surface area contributed by atoms with Crippen LogP contribution in [0.1, 0.15) is 43.6 Å². The first kappa shape index (κ1) is 33.9. The Morgan fingerprint density at radius 2 is 0.804 bits per heavy atom. The van der Waals surface area contributed by atoms with Crippen molar-refractivity contribution in [3.8, 4) is 11.1 Å². The van der Waals surface area contributed by atoms with Gasteiger partial charge in [0.2, 0.25) is 0 Å². The summed E-state index contributed by atoms with van der Waals surface area (Å²) in [6, 6.07) is 73.8. The van der Waals surface area contributed by atoms with Crippen molar-refractivity contribution < 1.29 is 0 Å². The molecule has 0 aliphatic heterocycles. The topological polar surface area (TPSA) is 6.48 Å². The smallest absolute Gasteiger partial charge is 0.0546 e. The predicted octanol–water partition coefficient (Wildman–Crippen LogP) is 15.8. The van der Waals surface area contributed by atoms with Crippen LogP contribution in [0.4, 0.5) is 34.1 Å². The van der Waals surface area contributed by atoms with E-state index in [2.05, 4.69) is 210 Å². The molecule has 0 amide bonds.